The Kier molecular flexibility index (Phi) is 5.61. The third kappa shape index (κ3) is 3.83. The van der Waals surface area contributed by atoms with Crippen molar-refractivity contribution >= 4 is 27.4 Å². The second-order valence-corrected chi connectivity index (χ2v) is 7.42. The summed E-state index contributed by atoms with van der Waals surface area (Å²) < 4.78 is 31.5. The summed E-state index contributed by atoms with van der Waals surface area (Å²) in [4.78, 5) is 22.1. The third-order valence-electron chi connectivity index (χ3n) is 3.76. The van der Waals surface area contributed by atoms with Gasteiger partial charge in [0.25, 0.3) is 15.7 Å². The number of nitro benzene ring substituents is 1. The Balaban J connectivity index is 2.44. The lowest BCUT2D eigenvalue weighted by Gasteiger charge is -2.20. The Morgan fingerprint density at radius 1 is 1.23 bits per heavy atom. The van der Waals surface area contributed by atoms with Gasteiger partial charge >= 0.3 is 5.97 Å². The van der Waals surface area contributed by atoms with Gasteiger partial charge in [0.2, 0.25) is 0 Å². The third-order valence-corrected chi connectivity index (χ3v) is 5.54. The van der Waals surface area contributed by atoms with Crippen LogP contribution in [0.3, 0.4) is 0 Å². The van der Waals surface area contributed by atoms with E-state index in [0.717, 1.165) is 10.4 Å². The minimum atomic E-state index is -4.04. The Hall–Kier alpha value is -2.94. The van der Waals surface area contributed by atoms with Crippen LogP contribution in [0.5, 0.6) is 0 Å². The van der Waals surface area contributed by atoms with Crippen LogP contribution >= 0.6 is 0 Å². The molecule has 0 unspecified atom stereocenters. The number of sulfonamides is 1. The van der Waals surface area contributed by atoms with Gasteiger partial charge in [-0.1, -0.05) is 12.1 Å². The van der Waals surface area contributed by atoms with E-state index in [1.54, 1.807) is 6.92 Å². The number of rotatable bonds is 6. The number of nitro groups is 1. The van der Waals surface area contributed by atoms with Gasteiger partial charge in [0.1, 0.15) is 0 Å². The minimum Gasteiger partial charge on any atom is -0.462 e. The predicted octanol–water partition coefficient (Wildman–Crippen LogP) is 2.91. The highest BCUT2D eigenvalue weighted by Crippen LogP contribution is 2.27. The van der Waals surface area contributed by atoms with E-state index < -0.39 is 20.9 Å². The van der Waals surface area contributed by atoms with Crippen LogP contribution in [0, 0.1) is 17.0 Å². The highest BCUT2D eigenvalue weighted by molar-refractivity contribution is 7.92. The molecule has 2 rings (SSSR count). The van der Waals surface area contributed by atoms with Gasteiger partial charge < -0.3 is 4.74 Å². The largest absolute Gasteiger partial charge is 0.462 e. The molecule has 0 amide bonds. The number of benzene rings is 2. The molecule has 0 fully saturated rings. The van der Waals surface area contributed by atoms with E-state index >= 15 is 0 Å². The van der Waals surface area contributed by atoms with Gasteiger partial charge in [-0.3, -0.25) is 14.4 Å². The van der Waals surface area contributed by atoms with Crippen molar-refractivity contribution in [1.82, 2.24) is 0 Å². The molecule has 0 N–H and O–H groups in total. The number of aryl methyl sites for hydroxylation is 1. The van der Waals surface area contributed by atoms with Crippen LogP contribution in [0.2, 0.25) is 0 Å². The molecule has 0 atom stereocenters. The molecule has 0 saturated heterocycles. The zero-order valence-electron chi connectivity index (χ0n) is 14.5. The SMILES string of the molecule is CCOC(=O)c1cccc(N(C)S(=O)(=O)c2ccc(C)c([N+](=O)[O-])c2)c1. The highest BCUT2D eigenvalue weighted by atomic mass is 32.2. The Labute approximate surface area is 151 Å². The number of hydrogen-bond donors (Lipinski definition) is 0. The molecule has 0 spiro atoms. The fourth-order valence-corrected chi connectivity index (χ4v) is 3.49. The summed E-state index contributed by atoms with van der Waals surface area (Å²) in [6.45, 7) is 3.40. The molecular weight excluding hydrogens is 360 g/mol. The number of hydrogen-bond acceptors (Lipinski definition) is 6. The fraction of sp³-hybridized carbons (Fsp3) is 0.235. The first-order valence-electron chi connectivity index (χ1n) is 7.69. The van der Waals surface area contributed by atoms with Crippen molar-refractivity contribution in [3.8, 4) is 0 Å². The summed E-state index contributed by atoms with van der Waals surface area (Å²) in [5, 5.41) is 11.1. The molecule has 26 heavy (non-hydrogen) atoms. The van der Waals surface area contributed by atoms with Gasteiger partial charge in [-0.2, -0.15) is 0 Å². The van der Waals surface area contributed by atoms with Crippen molar-refractivity contribution in [2.45, 2.75) is 18.7 Å². The zero-order chi connectivity index (χ0) is 19.5. The molecule has 2 aromatic rings. The molecule has 9 heteroatoms. The maximum atomic E-state index is 12.8. The quantitative estimate of drug-likeness (QED) is 0.435. The van der Waals surface area contributed by atoms with Crippen LogP contribution in [0.4, 0.5) is 11.4 Å². The molecule has 0 aromatic heterocycles. The van der Waals surface area contributed by atoms with E-state index in [-0.39, 0.29) is 28.4 Å². The van der Waals surface area contributed by atoms with Crippen molar-refractivity contribution < 1.29 is 22.9 Å². The first kappa shape index (κ1) is 19.4. The Morgan fingerprint density at radius 3 is 2.54 bits per heavy atom. The maximum absolute atomic E-state index is 12.8. The van der Waals surface area contributed by atoms with Crippen molar-refractivity contribution in [1.29, 1.82) is 0 Å². The van der Waals surface area contributed by atoms with Crippen LogP contribution in [0.25, 0.3) is 0 Å². The lowest BCUT2D eigenvalue weighted by Crippen LogP contribution is -2.27. The number of esters is 1. The van der Waals surface area contributed by atoms with Crippen LogP contribution in [0.1, 0.15) is 22.8 Å². The molecular formula is C17H18N2O6S. The Bertz CT molecular complexity index is 955. The highest BCUT2D eigenvalue weighted by Gasteiger charge is 2.25. The number of ether oxygens (including phenoxy) is 1. The van der Waals surface area contributed by atoms with E-state index in [2.05, 4.69) is 0 Å². The molecule has 2 aromatic carbocycles. The summed E-state index contributed by atoms with van der Waals surface area (Å²) in [6.07, 6.45) is 0. The molecule has 0 aliphatic heterocycles. The number of carbonyl (C=O) groups is 1. The molecule has 0 aliphatic carbocycles. The van der Waals surface area contributed by atoms with Gasteiger partial charge in [0.05, 0.1) is 27.7 Å². The summed E-state index contributed by atoms with van der Waals surface area (Å²) >= 11 is 0. The smallest absolute Gasteiger partial charge is 0.338 e. The first-order valence-corrected chi connectivity index (χ1v) is 9.13. The summed E-state index contributed by atoms with van der Waals surface area (Å²) in [5.74, 6) is -0.564. The van der Waals surface area contributed by atoms with E-state index in [1.807, 2.05) is 0 Å². The van der Waals surface area contributed by atoms with E-state index in [0.29, 0.717) is 5.56 Å². The zero-order valence-corrected chi connectivity index (χ0v) is 15.3. The summed E-state index contributed by atoms with van der Waals surface area (Å²) in [7, 11) is -2.73. The summed E-state index contributed by atoms with van der Waals surface area (Å²) in [6, 6.07) is 9.67. The first-order chi connectivity index (χ1) is 12.2. The van der Waals surface area contributed by atoms with Crippen LogP contribution in [0.15, 0.2) is 47.4 Å². The molecule has 0 bridgehead atoms. The van der Waals surface area contributed by atoms with Gasteiger partial charge in [-0.05, 0) is 38.1 Å². The van der Waals surface area contributed by atoms with E-state index in [9.17, 15) is 23.3 Å². The topological polar surface area (TPSA) is 107 Å². The fourth-order valence-electron chi connectivity index (χ4n) is 2.29. The van der Waals surface area contributed by atoms with Crippen LogP contribution in [-0.2, 0) is 14.8 Å². The average molecular weight is 378 g/mol. The van der Waals surface area contributed by atoms with E-state index in [4.69, 9.17) is 4.74 Å². The van der Waals surface area contributed by atoms with Crippen molar-refractivity contribution in [2.24, 2.45) is 0 Å². The van der Waals surface area contributed by atoms with Gasteiger partial charge in [0, 0.05) is 18.7 Å². The lowest BCUT2D eigenvalue weighted by molar-refractivity contribution is -0.385. The summed E-state index contributed by atoms with van der Waals surface area (Å²) in [5.41, 5.74) is 0.528. The molecule has 0 aliphatic rings. The average Bonchev–Trinajstić information content (AvgIpc) is 2.61. The van der Waals surface area contributed by atoms with Gasteiger partial charge in [-0.15, -0.1) is 0 Å². The maximum Gasteiger partial charge on any atom is 0.338 e. The minimum absolute atomic E-state index is 0.199. The number of anilines is 1. The molecule has 8 nitrogen and oxygen atoms in total. The molecule has 0 saturated carbocycles. The second-order valence-electron chi connectivity index (χ2n) is 5.45. The van der Waals surface area contributed by atoms with Crippen LogP contribution in [-0.4, -0.2) is 33.0 Å². The molecule has 0 heterocycles. The number of carbonyl (C=O) groups excluding carboxylic acids is 1. The van der Waals surface area contributed by atoms with Gasteiger partial charge in [-0.25, -0.2) is 13.2 Å². The predicted molar refractivity (Wildman–Crippen MR) is 95.8 cm³/mol. The van der Waals surface area contributed by atoms with Crippen molar-refractivity contribution in [3.05, 3.63) is 63.7 Å². The molecule has 138 valence electrons. The Morgan fingerprint density at radius 2 is 1.92 bits per heavy atom. The van der Waals surface area contributed by atoms with Gasteiger partial charge in [0.15, 0.2) is 0 Å². The standard InChI is InChI=1S/C17H18N2O6S/c1-4-25-17(20)13-6-5-7-14(10-13)18(3)26(23,24)15-9-8-12(2)16(11-15)19(21)22/h5-11H,4H2,1-3H3. The normalized spacial score (nSPS) is 11.0. The molecule has 0 radical (unpaired) electrons. The van der Waals surface area contributed by atoms with E-state index in [1.165, 1.54) is 50.4 Å². The monoisotopic (exact) mass is 378 g/mol. The van der Waals surface area contributed by atoms with Crippen molar-refractivity contribution in [2.75, 3.05) is 18.0 Å². The van der Waals surface area contributed by atoms with Crippen LogP contribution < -0.4 is 4.31 Å². The lowest BCUT2D eigenvalue weighted by atomic mass is 10.2. The number of nitrogens with zero attached hydrogens (tertiary/aromatic N) is 2. The second kappa shape index (κ2) is 7.52. The van der Waals surface area contributed by atoms with Crippen molar-refractivity contribution in [3.63, 3.8) is 0 Å².